The Morgan fingerprint density at radius 3 is 1.29 bits per heavy atom. The Bertz CT molecular complexity index is 1130. The number of fused-ring (bicyclic) bond motifs is 2. The average Bonchev–Trinajstić information content (AvgIpc) is 2.77. The Morgan fingerprint density at radius 1 is 0.464 bits per heavy atom. The lowest BCUT2D eigenvalue weighted by atomic mass is 9.78. The highest BCUT2D eigenvalue weighted by Gasteiger charge is 2.31. The molecule has 0 atom stereocenters. The van der Waals surface area contributed by atoms with E-state index in [2.05, 4.69) is 24.3 Å². The molecule has 1 nitrogen and oxygen atoms in total. The average molecular weight is 376 g/mol. The maximum Gasteiger partial charge on any atom is 0.194 e. The number of thiocarbonyl (C=S) groups is 1. The van der Waals surface area contributed by atoms with Crippen LogP contribution in [0.1, 0.15) is 27.0 Å². The Kier molecular flexibility index (Phi) is 4.00. The van der Waals surface area contributed by atoms with Crippen LogP contribution in [-0.2, 0) is 0 Å². The summed E-state index contributed by atoms with van der Waals surface area (Å²) in [7, 11) is 0. The van der Waals surface area contributed by atoms with Gasteiger partial charge >= 0.3 is 0 Å². The van der Waals surface area contributed by atoms with Gasteiger partial charge in [0.25, 0.3) is 0 Å². The van der Waals surface area contributed by atoms with Crippen LogP contribution in [0.4, 0.5) is 0 Å². The summed E-state index contributed by atoms with van der Waals surface area (Å²) in [6, 6.07) is 32.0. The van der Waals surface area contributed by atoms with Crippen LogP contribution < -0.4 is 0 Å². The first kappa shape index (κ1) is 16.8. The molecule has 0 saturated heterocycles. The van der Waals surface area contributed by atoms with Crippen LogP contribution in [0.2, 0.25) is 0 Å². The molecule has 4 aromatic rings. The predicted octanol–water partition coefficient (Wildman–Crippen LogP) is 6.33. The fourth-order valence-electron chi connectivity index (χ4n) is 3.96. The van der Waals surface area contributed by atoms with Gasteiger partial charge < -0.3 is 0 Å². The van der Waals surface area contributed by atoms with E-state index in [-0.39, 0.29) is 5.78 Å². The summed E-state index contributed by atoms with van der Waals surface area (Å²) < 4.78 is 0. The molecule has 4 aromatic carbocycles. The molecule has 0 unspecified atom stereocenters. The van der Waals surface area contributed by atoms with Crippen molar-refractivity contribution < 1.29 is 4.79 Å². The van der Waals surface area contributed by atoms with E-state index in [0.29, 0.717) is 11.1 Å². The first-order valence-electron chi connectivity index (χ1n) is 9.22. The number of ketones is 1. The van der Waals surface area contributed by atoms with Crippen LogP contribution in [0.25, 0.3) is 22.3 Å². The Balaban J connectivity index is 1.79. The van der Waals surface area contributed by atoms with Gasteiger partial charge in [0, 0.05) is 22.3 Å². The molecule has 2 heteroatoms. The molecule has 28 heavy (non-hydrogen) atoms. The van der Waals surface area contributed by atoms with E-state index in [4.69, 9.17) is 12.2 Å². The van der Waals surface area contributed by atoms with Crippen molar-refractivity contribution in [3.05, 3.63) is 119 Å². The Morgan fingerprint density at radius 2 is 0.857 bits per heavy atom. The van der Waals surface area contributed by atoms with Gasteiger partial charge in [0.15, 0.2) is 5.78 Å². The summed E-state index contributed by atoms with van der Waals surface area (Å²) >= 11 is 5.99. The van der Waals surface area contributed by atoms with E-state index in [1.54, 1.807) is 0 Å². The van der Waals surface area contributed by atoms with Crippen LogP contribution in [0.5, 0.6) is 0 Å². The van der Waals surface area contributed by atoms with Gasteiger partial charge in [-0.2, -0.15) is 0 Å². The SMILES string of the molecule is O=C1c2cccc(-c3ccccc3)c2C(=S)c2c1cccc2-c1ccccc1. The molecular formula is C26H16OS. The highest BCUT2D eigenvalue weighted by atomic mass is 32.1. The molecule has 0 N–H and O–H groups in total. The minimum atomic E-state index is 0.0363. The second-order valence-electron chi connectivity index (χ2n) is 6.85. The van der Waals surface area contributed by atoms with Crippen molar-refractivity contribution in [1.82, 2.24) is 0 Å². The molecule has 1 aliphatic carbocycles. The van der Waals surface area contributed by atoms with Crippen molar-refractivity contribution in [3.8, 4) is 22.3 Å². The number of hydrogen-bond donors (Lipinski definition) is 0. The second-order valence-corrected chi connectivity index (χ2v) is 7.25. The number of hydrogen-bond acceptors (Lipinski definition) is 2. The van der Waals surface area contributed by atoms with Gasteiger partial charge in [-0.25, -0.2) is 0 Å². The van der Waals surface area contributed by atoms with Gasteiger partial charge in [-0.15, -0.1) is 0 Å². The lowest BCUT2D eigenvalue weighted by Gasteiger charge is -2.24. The molecule has 0 bridgehead atoms. The quantitative estimate of drug-likeness (QED) is 0.335. The normalized spacial score (nSPS) is 12.4. The highest BCUT2D eigenvalue weighted by molar-refractivity contribution is 7.81. The number of carbonyl (C=O) groups excluding carboxylic acids is 1. The van der Waals surface area contributed by atoms with Gasteiger partial charge in [0.05, 0.1) is 4.86 Å². The van der Waals surface area contributed by atoms with E-state index in [1.165, 1.54) is 0 Å². The predicted molar refractivity (Wildman–Crippen MR) is 118 cm³/mol. The largest absolute Gasteiger partial charge is 0.289 e. The topological polar surface area (TPSA) is 17.1 Å². The molecule has 0 amide bonds. The molecule has 0 spiro atoms. The van der Waals surface area contributed by atoms with E-state index < -0.39 is 0 Å². The lowest BCUT2D eigenvalue weighted by Crippen LogP contribution is -2.22. The lowest BCUT2D eigenvalue weighted by molar-refractivity contribution is 0.103. The van der Waals surface area contributed by atoms with Crippen LogP contribution in [0, 0.1) is 0 Å². The standard InChI is InChI=1S/C26H16OS/c27-25-21-15-7-13-19(17-9-3-1-4-10-17)23(21)26(28)24-20(14-8-16-22(24)25)18-11-5-2-6-12-18/h1-16H. The van der Waals surface area contributed by atoms with Crippen molar-refractivity contribution in [1.29, 1.82) is 0 Å². The second kappa shape index (κ2) is 6.66. The summed E-state index contributed by atoms with van der Waals surface area (Å²) in [5.41, 5.74) is 7.24. The molecule has 132 valence electrons. The van der Waals surface area contributed by atoms with Crippen LogP contribution in [0.15, 0.2) is 97.1 Å². The van der Waals surface area contributed by atoms with Crippen molar-refractivity contribution in [2.24, 2.45) is 0 Å². The first-order valence-corrected chi connectivity index (χ1v) is 9.63. The monoisotopic (exact) mass is 376 g/mol. The van der Waals surface area contributed by atoms with Gasteiger partial charge in [-0.1, -0.05) is 109 Å². The zero-order chi connectivity index (χ0) is 19.1. The fourth-order valence-corrected chi connectivity index (χ4v) is 4.40. The number of carbonyl (C=O) groups is 1. The molecule has 1 aliphatic rings. The zero-order valence-electron chi connectivity index (χ0n) is 15.1. The summed E-state index contributed by atoms with van der Waals surface area (Å²) in [6.07, 6.45) is 0. The van der Waals surface area contributed by atoms with Crippen LogP contribution in [0.3, 0.4) is 0 Å². The van der Waals surface area contributed by atoms with Gasteiger partial charge in [0.1, 0.15) is 0 Å². The van der Waals surface area contributed by atoms with Crippen molar-refractivity contribution in [3.63, 3.8) is 0 Å². The van der Waals surface area contributed by atoms with Crippen molar-refractivity contribution in [2.75, 3.05) is 0 Å². The van der Waals surface area contributed by atoms with E-state index in [1.807, 2.05) is 72.8 Å². The summed E-state index contributed by atoms with van der Waals surface area (Å²) in [6.45, 7) is 0. The third kappa shape index (κ3) is 2.54. The molecule has 0 heterocycles. The van der Waals surface area contributed by atoms with Crippen molar-refractivity contribution >= 4 is 22.9 Å². The fraction of sp³-hybridized carbons (Fsp3) is 0. The number of rotatable bonds is 2. The zero-order valence-corrected chi connectivity index (χ0v) is 15.9. The van der Waals surface area contributed by atoms with Crippen molar-refractivity contribution in [2.45, 2.75) is 0 Å². The summed E-state index contributed by atoms with van der Waals surface area (Å²) in [4.78, 5) is 14.1. The van der Waals surface area contributed by atoms with Gasteiger partial charge in [-0.05, 0) is 22.3 Å². The maximum atomic E-state index is 13.4. The minimum Gasteiger partial charge on any atom is -0.289 e. The summed E-state index contributed by atoms with van der Waals surface area (Å²) in [5, 5.41) is 0. The minimum absolute atomic E-state index is 0.0363. The van der Waals surface area contributed by atoms with Crippen LogP contribution in [-0.4, -0.2) is 10.6 Å². The highest BCUT2D eigenvalue weighted by Crippen LogP contribution is 2.38. The molecule has 0 radical (unpaired) electrons. The maximum absolute atomic E-state index is 13.4. The molecule has 0 aromatic heterocycles. The number of benzene rings is 4. The third-order valence-corrected chi connectivity index (χ3v) is 5.65. The molecule has 0 aliphatic heterocycles. The molecular weight excluding hydrogens is 360 g/mol. The van der Waals surface area contributed by atoms with Gasteiger partial charge in [-0.3, -0.25) is 4.79 Å². The summed E-state index contributed by atoms with van der Waals surface area (Å²) in [5.74, 6) is 0.0363. The van der Waals surface area contributed by atoms with E-state index >= 15 is 0 Å². The Labute approximate surface area is 169 Å². The molecule has 5 rings (SSSR count). The van der Waals surface area contributed by atoms with Gasteiger partial charge in [0.2, 0.25) is 0 Å². The Hall–Kier alpha value is -3.36. The van der Waals surface area contributed by atoms with E-state index in [0.717, 1.165) is 38.2 Å². The van der Waals surface area contributed by atoms with E-state index in [9.17, 15) is 4.79 Å². The molecule has 0 fully saturated rings. The molecule has 0 saturated carbocycles. The first-order chi connectivity index (χ1) is 13.8. The van der Waals surface area contributed by atoms with Crippen LogP contribution >= 0.6 is 12.2 Å². The smallest absolute Gasteiger partial charge is 0.194 e. The third-order valence-electron chi connectivity index (χ3n) is 5.24.